The molecule has 0 aliphatic rings. The molecule has 0 atom stereocenters. The summed E-state index contributed by atoms with van der Waals surface area (Å²) in [6.45, 7) is 9.50. The van der Waals surface area contributed by atoms with E-state index in [4.69, 9.17) is 11.6 Å². The maximum atomic E-state index is 13.1. The molecule has 4 nitrogen and oxygen atoms in total. The normalized spacial score (nSPS) is 11.2. The molecule has 0 bridgehead atoms. The van der Waals surface area contributed by atoms with Gasteiger partial charge in [-0.3, -0.25) is 15.0 Å². The Morgan fingerprint density at radius 1 is 1.08 bits per heavy atom. The number of halogens is 1. The van der Waals surface area contributed by atoms with Crippen LogP contribution in [-0.4, -0.2) is 22.4 Å². The third-order valence-corrected chi connectivity index (χ3v) is 4.38. The van der Waals surface area contributed by atoms with E-state index in [1.54, 1.807) is 30.3 Å². The highest BCUT2D eigenvalue weighted by Crippen LogP contribution is 2.21. The van der Waals surface area contributed by atoms with Crippen LogP contribution in [0.15, 0.2) is 42.5 Å². The van der Waals surface area contributed by atoms with Gasteiger partial charge in [0.2, 0.25) is 0 Å². The van der Waals surface area contributed by atoms with Crippen molar-refractivity contribution in [2.24, 2.45) is 0 Å². The number of carbonyl (C=O) groups excluding carboxylic acids is 2. The van der Waals surface area contributed by atoms with Gasteiger partial charge in [-0.1, -0.05) is 36.7 Å². The van der Waals surface area contributed by atoms with Gasteiger partial charge < -0.3 is 0 Å². The van der Waals surface area contributed by atoms with Gasteiger partial charge in [-0.25, -0.2) is 5.01 Å². The highest BCUT2D eigenvalue weighted by Gasteiger charge is 2.30. The van der Waals surface area contributed by atoms with Crippen molar-refractivity contribution < 1.29 is 9.59 Å². The van der Waals surface area contributed by atoms with Crippen LogP contribution in [-0.2, 0) is 6.42 Å². The number of hydrazine groups is 1. The molecule has 0 spiro atoms. The zero-order valence-electron chi connectivity index (χ0n) is 15.9. The first kappa shape index (κ1) is 20.0. The van der Waals surface area contributed by atoms with Crippen molar-refractivity contribution >= 4 is 23.4 Å². The lowest BCUT2D eigenvalue weighted by molar-refractivity contribution is 0.0358. The molecule has 0 heterocycles. The van der Waals surface area contributed by atoms with Crippen molar-refractivity contribution in [2.45, 2.75) is 46.6 Å². The molecule has 2 amide bonds. The van der Waals surface area contributed by atoms with Crippen molar-refractivity contribution in [3.8, 4) is 0 Å². The van der Waals surface area contributed by atoms with Crippen LogP contribution < -0.4 is 5.43 Å². The number of nitrogens with one attached hydrogen (secondary N) is 1. The number of rotatable bonds is 3. The summed E-state index contributed by atoms with van der Waals surface area (Å²) < 4.78 is 0. The minimum atomic E-state index is -0.606. The Kier molecular flexibility index (Phi) is 6.09. The van der Waals surface area contributed by atoms with Crippen LogP contribution in [0, 0.1) is 6.92 Å². The van der Waals surface area contributed by atoms with Crippen LogP contribution in [0.2, 0.25) is 5.02 Å². The SMILES string of the molecule is CCc1ccc(C(=O)NN(C(=O)c2cc(Cl)ccc2C)C(C)(C)C)cc1. The van der Waals surface area contributed by atoms with Gasteiger partial charge in [0.15, 0.2) is 0 Å². The summed E-state index contributed by atoms with van der Waals surface area (Å²) in [6, 6.07) is 12.5. The highest BCUT2D eigenvalue weighted by molar-refractivity contribution is 6.31. The van der Waals surface area contributed by atoms with Gasteiger partial charge in [0.05, 0.1) is 5.54 Å². The Hall–Kier alpha value is -2.33. The second-order valence-electron chi connectivity index (χ2n) is 7.26. The van der Waals surface area contributed by atoms with E-state index in [0.29, 0.717) is 16.1 Å². The zero-order valence-corrected chi connectivity index (χ0v) is 16.6. The van der Waals surface area contributed by atoms with Crippen LogP contribution in [0.25, 0.3) is 0 Å². The van der Waals surface area contributed by atoms with Gasteiger partial charge in [-0.2, -0.15) is 0 Å². The molecular formula is C21H25ClN2O2. The summed E-state index contributed by atoms with van der Waals surface area (Å²) in [7, 11) is 0. The predicted octanol–water partition coefficient (Wildman–Crippen LogP) is 4.80. The Bertz CT molecular complexity index is 808. The van der Waals surface area contributed by atoms with Gasteiger partial charge >= 0.3 is 0 Å². The largest absolute Gasteiger partial charge is 0.273 e. The molecule has 26 heavy (non-hydrogen) atoms. The summed E-state index contributed by atoms with van der Waals surface area (Å²) >= 11 is 6.05. The Balaban J connectivity index is 2.31. The predicted molar refractivity (Wildman–Crippen MR) is 105 cm³/mol. The molecule has 0 unspecified atom stereocenters. The fourth-order valence-corrected chi connectivity index (χ4v) is 2.70. The first-order chi connectivity index (χ1) is 12.1. The van der Waals surface area contributed by atoms with E-state index in [2.05, 4.69) is 12.3 Å². The van der Waals surface area contributed by atoms with E-state index in [9.17, 15) is 9.59 Å². The molecule has 138 valence electrons. The van der Waals surface area contributed by atoms with E-state index < -0.39 is 5.54 Å². The summed E-state index contributed by atoms with van der Waals surface area (Å²) in [5.41, 5.74) is 5.08. The number of nitrogens with zero attached hydrogens (tertiary/aromatic N) is 1. The average Bonchev–Trinajstić information content (AvgIpc) is 2.60. The standard InChI is InChI=1S/C21H25ClN2O2/c1-6-15-8-10-16(11-9-15)19(25)23-24(21(3,4)5)20(26)18-13-17(22)12-7-14(18)2/h7-13H,6H2,1-5H3,(H,23,25). The summed E-state index contributed by atoms with van der Waals surface area (Å²) in [5.74, 6) is -0.619. The summed E-state index contributed by atoms with van der Waals surface area (Å²) in [5, 5.41) is 1.84. The molecule has 0 saturated heterocycles. The monoisotopic (exact) mass is 372 g/mol. The van der Waals surface area contributed by atoms with Gasteiger partial charge in [-0.15, -0.1) is 0 Å². The third kappa shape index (κ3) is 4.64. The number of benzene rings is 2. The summed E-state index contributed by atoms with van der Waals surface area (Å²) in [4.78, 5) is 25.7. The molecule has 0 radical (unpaired) electrons. The number of hydrogen-bond acceptors (Lipinski definition) is 2. The average molecular weight is 373 g/mol. The number of hydrogen-bond donors (Lipinski definition) is 1. The minimum absolute atomic E-state index is 0.295. The van der Waals surface area contributed by atoms with Gasteiger partial charge in [0.1, 0.15) is 0 Å². The Morgan fingerprint density at radius 3 is 2.23 bits per heavy atom. The molecule has 2 aromatic carbocycles. The zero-order chi connectivity index (χ0) is 19.5. The molecule has 1 N–H and O–H groups in total. The maximum absolute atomic E-state index is 13.1. The van der Waals surface area contributed by atoms with Gasteiger partial charge in [0.25, 0.3) is 11.8 Å². The molecular weight excluding hydrogens is 348 g/mol. The van der Waals surface area contributed by atoms with E-state index >= 15 is 0 Å². The van der Waals surface area contributed by atoms with Gasteiger partial charge in [-0.05, 0) is 69.5 Å². The third-order valence-electron chi connectivity index (χ3n) is 4.14. The van der Waals surface area contributed by atoms with E-state index in [1.165, 1.54) is 5.01 Å². The Morgan fingerprint density at radius 2 is 1.69 bits per heavy atom. The Labute approximate surface area is 160 Å². The second-order valence-corrected chi connectivity index (χ2v) is 7.70. The van der Waals surface area contributed by atoms with Crippen LogP contribution in [0.1, 0.15) is 59.5 Å². The van der Waals surface area contributed by atoms with Crippen molar-refractivity contribution in [1.29, 1.82) is 0 Å². The van der Waals surface area contributed by atoms with Crippen molar-refractivity contribution in [1.82, 2.24) is 10.4 Å². The number of amides is 2. The molecule has 0 aliphatic carbocycles. The van der Waals surface area contributed by atoms with Gasteiger partial charge in [0, 0.05) is 16.1 Å². The fraction of sp³-hybridized carbons (Fsp3) is 0.333. The van der Waals surface area contributed by atoms with E-state index in [0.717, 1.165) is 17.5 Å². The molecule has 0 saturated carbocycles. The molecule has 0 aromatic heterocycles. The van der Waals surface area contributed by atoms with Crippen molar-refractivity contribution in [3.05, 3.63) is 69.7 Å². The number of carbonyl (C=O) groups is 2. The quantitative estimate of drug-likeness (QED) is 0.787. The lowest BCUT2D eigenvalue weighted by Crippen LogP contribution is -2.56. The molecule has 0 fully saturated rings. The lowest BCUT2D eigenvalue weighted by atomic mass is 10.0. The van der Waals surface area contributed by atoms with E-state index in [1.807, 2.05) is 39.8 Å². The smallest absolute Gasteiger partial charge is 0.267 e. The minimum Gasteiger partial charge on any atom is -0.267 e. The maximum Gasteiger partial charge on any atom is 0.273 e. The lowest BCUT2D eigenvalue weighted by Gasteiger charge is -2.35. The van der Waals surface area contributed by atoms with Crippen LogP contribution in [0.5, 0.6) is 0 Å². The van der Waals surface area contributed by atoms with Crippen molar-refractivity contribution in [3.63, 3.8) is 0 Å². The first-order valence-electron chi connectivity index (χ1n) is 8.64. The fourth-order valence-electron chi connectivity index (χ4n) is 2.53. The van der Waals surface area contributed by atoms with E-state index in [-0.39, 0.29) is 11.8 Å². The summed E-state index contributed by atoms with van der Waals surface area (Å²) in [6.07, 6.45) is 0.905. The van der Waals surface area contributed by atoms with Crippen LogP contribution in [0.4, 0.5) is 0 Å². The number of aryl methyl sites for hydroxylation is 2. The highest BCUT2D eigenvalue weighted by atomic mass is 35.5. The molecule has 2 rings (SSSR count). The molecule has 0 aliphatic heterocycles. The topological polar surface area (TPSA) is 49.4 Å². The van der Waals surface area contributed by atoms with Crippen LogP contribution >= 0.6 is 11.6 Å². The van der Waals surface area contributed by atoms with Crippen LogP contribution in [0.3, 0.4) is 0 Å². The molecule has 2 aromatic rings. The van der Waals surface area contributed by atoms with Crippen molar-refractivity contribution in [2.75, 3.05) is 0 Å². The second kappa shape index (κ2) is 7.92. The molecule has 5 heteroatoms. The first-order valence-corrected chi connectivity index (χ1v) is 9.02.